The van der Waals surface area contributed by atoms with E-state index in [1.165, 1.54) is 12.1 Å². The van der Waals surface area contributed by atoms with Crippen LogP contribution in [0.15, 0.2) is 12.1 Å². The Morgan fingerprint density at radius 2 is 2.27 bits per heavy atom. The molecule has 3 N–H and O–H groups in total. The van der Waals surface area contributed by atoms with Crippen LogP contribution in [0.25, 0.3) is 0 Å². The average molecular weight is 249 g/mol. The fourth-order valence-corrected chi connectivity index (χ4v) is 1.47. The highest BCUT2D eigenvalue weighted by atomic mass is 35.5. The molecule has 0 aromatic heterocycles. The van der Waals surface area contributed by atoms with Gasteiger partial charge in [-0.25, -0.2) is 4.39 Å². The SMILES string of the molecule is CSC(C)CNc1cc(F)c(Cl)cc1N. The quantitative estimate of drug-likeness (QED) is 0.804. The summed E-state index contributed by atoms with van der Waals surface area (Å²) in [6.45, 7) is 2.83. The van der Waals surface area contributed by atoms with Crippen molar-refractivity contribution in [3.05, 3.63) is 23.0 Å². The van der Waals surface area contributed by atoms with E-state index < -0.39 is 5.82 Å². The van der Waals surface area contributed by atoms with Gasteiger partial charge in [0, 0.05) is 17.9 Å². The lowest BCUT2D eigenvalue weighted by molar-refractivity contribution is 0.629. The summed E-state index contributed by atoms with van der Waals surface area (Å²) >= 11 is 7.32. The van der Waals surface area contributed by atoms with Crippen molar-refractivity contribution in [1.29, 1.82) is 0 Å². The molecule has 1 rings (SSSR count). The van der Waals surface area contributed by atoms with Gasteiger partial charge >= 0.3 is 0 Å². The number of nitrogen functional groups attached to an aromatic ring is 1. The van der Waals surface area contributed by atoms with Crippen molar-refractivity contribution in [1.82, 2.24) is 0 Å². The molecule has 0 radical (unpaired) electrons. The second-order valence-corrected chi connectivity index (χ2v) is 4.96. The van der Waals surface area contributed by atoms with Crippen molar-refractivity contribution in [3.63, 3.8) is 0 Å². The third-order valence-corrected chi connectivity index (χ3v) is 3.34. The van der Waals surface area contributed by atoms with E-state index in [0.29, 0.717) is 16.6 Å². The van der Waals surface area contributed by atoms with E-state index in [1.54, 1.807) is 11.8 Å². The summed E-state index contributed by atoms with van der Waals surface area (Å²) in [4.78, 5) is 0. The molecule has 0 aliphatic heterocycles. The first-order valence-corrected chi connectivity index (χ1v) is 6.22. The molecule has 0 bridgehead atoms. The highest BCUT2D eigenvalue weighted by Gasteiger charge is 2.07. The lowest BCUT2D eigenvalue weighted by atomic mass is 10.2. The molecular formula is C10H14ClFN2S. The van der Waals surface area contributed by atoms with Crippen LogP contribution in [0.5, 0.6) is 0 Å². The number of nitrogens with two attached hydrogens (primary N) is 1. The molecule has 0 fully saturated rings. The zero-order valence-electron chi connectivity index (χ0n) is 8.68. The van der Waals surface area contributed by atoms with Gasteiger partial charge in [-0.1, -0.05) is 18.5 Å². The third-order valence-electron chi connectivity index (χ3n) is 2.07. The summed E-state index contributed by atoms with van der Waals surface area (Å²) in [7, 11) is 0. The Morgan fingerprint density at radius 3 is 2.87 bits per heavy atom. The molecule has 0 aliphatic rings. The highest BCUT2D eigenvalue weighted by Crippen LogP contribution is 2.26. The molecule has 15 heavy (non-hydrogen) atoms. The van der Waals surface area contributed by atoms with Crippen molar-refractivity contribution in [2.75, 3.05) is 23.9 Å². The van der Waals surface area contributed by atoms with Crippen LogP contribution in [0.1, 0.15) is 6.92 Å². The average Bonchev–Trinajstić information content (AvgIpc) is 2.21. The van der Waals surface area contributed by atoms with E-state index in [-0.39, 0.29) is 5.02 Å². The number of hydrogen-bond acceptors (Lipinski definition) is 3. The standard InChI is InChI=1S/C10H14ClFN2S/c1-6(15-2)5-14-10-4-8(12)7(11)3-9(10)13/h3-4,6,14H,5,13H2,1-2H3. The van der Waals surface area contributed by atoms with Crippen LogP contribution in [-0.2, 0) is 0 Å². The van der Waals surface area contributed by atoms with Gasteiger partial charge in [0.2, 0.25) is 0 Å². The predicted octanol–water partition coefficient (Wildman–Crippen LogP) is 3.22. The number of anilines is 2. The zero-order valence-corrected chi connectivity index (χ0v) is 10.3. The van der Waals surface area contributed by atoms with E-state index in [0.717, 1.165) is 6.54 Å². The number of hydrogen-bond donors (Lipinski definition) is 2. The maximum Gasteiger partial charge on any atom is 0.143 e. The van der Waals surface area contributed by atoms with Gasteiger partial charge in [-0.3, -0.25) is 0 Å². The Balaban J connectivity index is 2.73. The normalized spacial score (nSPS) is 12.5. The Kier molecular flexibility index (Phi) is 4.54. The molecule has 5 heteroatoms. The van der Waals surface area contributed by atoms with Gasteiger partial charge in [-0.05, 0) is 12.3 Å². The molecule has 0 saturated heterocycles. The molecule has 0 saturated carbocycles. The summed E-state index contributed by atoms with van der Waals surface area (Å²) in [5.74, 6) is -0.454. The molecule has 1 unspecified atom stereocenters. The second-order valence-electron chi connectivity index (χ2n) is 3.28. The molecule has 1 aromatic rings. The van der Waals surface area contributed by atoms with Crippen molar-refractivity contribution in [3.8, 4) is 0 Å². The fraction of sp³-hybridized carbons (Fsp3) is 0.400. The fourth-order valence-electron chi connectivity index (χ4n) is 1.05. The second kappa shape index (κ2) is 5.47. The van der Waals surface area contributed by atoms with E-state index >= 15 is 0 Å². The highest BCUT2D eigenvalue weighted by molar-refractivity contribution is 7.99. The molecule has 1 aromatic carbocycles. The minimum absolute atomic E-state index is 0.0518. The first-order chi connectivity index (χ1) is 7.04. The van der Waals surface area contributed by atoms with Gasteiger partial charge in [0.25, 0.3) is 0 Å². The maximum absolute atomic E-state index is 13.1. The smallest absolute Gasteiger partial charge is 0.143 e. The van der Waals surface area contributed by atoms with E-state index in [9.17, 15) is 4.39 Å². The van der Waals surface area contributed by atoms with E-state index in [4.69, 9.17) is 17.3 Å². The minimum Gasteiger partial charge on any atom is -0.397 e. The number of halogens is 2. The van der Waals surface area contributed by atoms with Crippen LogP contribution in [0.4, 0.5) is 15.8 Å². The summed E-state index contributed by atoms with van der Waals surface area (Å²) in [6.07, 6.45) is 2.03. The summed E-state index contributed by atoms with van der Waals surface area (Å²) < 4.78 is 13.1. The van der Waals surface area contributed by atoms with Crippen molar-refractivity contribution in [2.24, 2.45) is 0 Å². The zero-order chi connectivity index (χ0) is 11.4. The van der Waals surface area contributed by atoms with E-state index in [2.05, 4.69) is 12.2 Å². The van der Waals surface area contributed by atoms with Gasteiger partial charge in [-0.2, -0.15) is 11.8 Å². The van der Waals surface area contributed by atoms with Crippen LogP contribution in [0.3, 0.4) is 0 Å². The molecular weight excluding hydrogens is 235 g/mol. The number of benzene rings is 1. The Labute approximate surface area is 98.4 Å². The lowest BCUT2D eigenvalue weighted by Gasteiger charge is -2.13. The van der Waals surface area contributed by atoms with Crippen LogP contribution in [0, 0.1) is 5.82 Å². The molecule has 0 amide bonds. The van der Waals surface area contributed by atoms with E-state index in [1.807, 2.05) is 6.26 Å². The number of thioether (sulfide) groups is 1. The van der Waals surface area contributed by atoms with Gasteiger partial charge in [0.05, 0.1) is 16.4 Å². The van der Waals surface area contributed by atoms with Crippen molar-refractivity contribution < 1.29 is 4.39 Å². The first kappa shape index (κ1) is 12.5. The van der Waals surface area contributed by atoms with Crippen LogP contribution < -0.4 is 11.1 Å². The van der Waals surface area contributed by atoms with Crippen LogP contribution in [0.2, 0.25) is 5.02 Å². The number of nitrogens with one attached hydrogen (secondary N) is 1. The molecule has 0 spiro atoms. The topological polar surface area (TPSA) is 38.0 Å². The third kappa shape index (κ3) is 3.47. The Bertz CT molecular complexity index is 346. The first-order valence-electron chi connectivity index (χ1n) is 4.55. The molecule has 0 heterocycles. The Hall–Kier alpha value is -0.610. The maximum atomic E-state index is 13.1. The lowest BCUT2D eigenvalue weighted by Crippen LogP contribution is -2.13. The predicted molar refractivity (Wildman–Crippen MR) is 67.3 cm³/mol. The summed E-state index contributed by atoms with van der Waals surface area (Å²) in [6, 6.07) is 2.74. The van der Waals surface area contributed by atoms with Crippen molar-refractivity contribution >= 4 is 34.7 Å². The minimum atomic E-state index is -0.454. The monoisotopic (exact) mass is 248 g/mol. The summed E-state index contributed by atoms with van der Waals surface area (Å²) in [5.41, 5.74) is 6.76. The molecule has 2 nitrogen and oxygen atoms in total. The summed E-state index contributed by atoms with van der Waals surface area (Å²) in [5, 5.41) is 3.59. The largest absolute Gasteiger partial charge is 0.397 e. The van der Waals surface area contributed by atoms with Crippen LogP contribution >= 0.6 is 23.4 Å². The van der Waals surface area contributed by atoms with Gasteiger partial charge in [-0.15, -0.1) is 0 Å². The molecule has 0 aliphatic carbocycles. The number of rotatable bonds is 4. The van der Waals surface area contributed by atoms with Crippen LogP contribution in [-0.4, -0.2) is 18.1 Å². The van der Waals surface area contributed by atoms with Gasteiger partial charge < -0.3 is 11.1 Å². The molecule has 1 atom stereocenters. The Morgan fingerprint density at radius 1 is 1.60 bits per heavy atom. The molecule has 84 valence electrons. The van der Waals surface area contributed by atoms with Gasteiger partial charge in [0.15, 0.2) is 0 Å². The van der Waals surface area contributed by atoms with Crippen molar-refractivity contribution in [2.45, 2.75) is 12.2 Å². The van der Waals surface area contributed by atoms with Gasteiger partial charge in [0.1, 0.15) is 5.82 Å².